The molecule has 1 unspecified atom stereocenters. The van der Waals surface area contributed by atoms with Gasteiger partial charge in [-0.05, 0) is 26.4 Å². The van der Waals surface area contributed by atoms with E-state index in [9.17, 15) is 0 Å². The van der Waals surface area contributed by atoms with E-state index in [1.54, 1.807) is 7.11 Å². The van der Waals surface area contributed by atoms with Gasteiger partial charge in [0.15, 0.2) is 0 Å². The molecule has 2 rings (SSSR count). The van der Waals surface area contributed by atoms with E-state index in [1.807, 2.05) is 0 Å². The van der Waals surface area contributed by atoms with Gasteiger partial charge in [0.1, 0.15) is 5.82 Å². The maximum Gasteiger partial charge on any atom is 0.205 e. The molecule has 0 saturated carbocycles. The molecule has 1 aromatic rings. The summed E-state index contributed by atoms with van der Waals surface area (Å²) in [6, 6.07) is 0. The fourth-order valence-corrected chi connectivity index (χ4v) is 3.09. The van der Waals surface area contributed by atoms with Crippen molar-refractivity contribution in [3.05, 3.63) is 5.82 Å². The van der Waals surface area contributed by atoms with Crippen molar-refractivity contribution in [1.29, 1.82) is 0 Å². The molecule has 0 bridgehead atoms. The summed E-state index contributed by atoms with van der Waals surface area (Å²) in [5, 5.41) is 1.07. The average Bonchev–Trinajstić information content (AvgIpc) is 2.94. The summed E-state index contributed by atoms with van der Waals surface area (Å²) in [6.07, 6.45) is 2.06. The minimum Gasteiger partial charge on any atom is -0.384 e. The number of anilines is 1. The van der Waals surface area contributed by atoms with Crippen LogP contribution in [0.2, 0.25) is 0 Å². The topological polar surface area (TPSA) is 41.5 Å². The molecule has 1 atom stereocenters. The Balaban J connectivity index is 1.87. The third-order valence-electron chi connectivity index (χ3n) is 3.17. The quantitative estimate of drug-likeness (QED) is 0.775. The zero-order valence-electron chi connectivity index (χ0n) is 11.4. The van der Waals surface area contributed by atoms with Crippen LogP contribution in [0.4, 0.5) is 5.13 Å². The van der Waals surface area contributed by atoms with Gasteiger partial charge < -0.3 is 14.5 Å². The second-order valence-corrected chi connectivity index (χ2v) is 5.83. The van der Waals surface area contributed by atoms with E-state index in [4.69, 9.17) is 4.74 Å². The van der Waals surface area contributed by atoms with E-state index in [0.717, 1.165) is 42.9 Å². The molecule has 0 spiro atoms. The highest BCUT2D eigenvalue weighted by molar-refractivity contribution is 7.09. The van der Waals surface area contributed by atoms with Gasteiger partial charge in [-0.15, -0.1) is 0 Å². The molecule has 0 aromatic carbocycles. The van der Waals surface area contributed by atoms with E-state index in [0.29, 0.717) is 6.61 Å². The maximum atomic E-state index is 5.05. The zero-order chi connectivity index (χ0) is 13.0. The molecule has 102 valence electrons. The Bertz CT molecular complexity index is 369. The van der Waals surface area contributed by atoms with Crippen LogP contribution in [0.15, 0.2) is 0 Å². The van der Waals surface area contributed by atoms with E-state index >= 15 is 0 Å². The molecule has 1 aliphatic rings. The van der Waals surface area contributed by atoms with Gasteiger partial charge in [-0.3, -0.25) is 0 Å². The molecule has 6 heteroatoms. The highest BCUT2D eigenvalue weighted by Crippen LogP contribution is 2.25. The largest absolute Gasteiger partial charge is 0.384 e. The first-order chi connectivity index (χ1) is 8.69. The Labute approximate surface area is 113 Å². The predicted octanol–water partition coefficient (Wildman–Crippen LogP) is 1.11. The number of aromatic nitrogens is 2. The minimum atomic E-state index is 0.694. The molecule has 1 aliphatic heterocycles. The molecular weight excluding hydrogens is 248 g/mol. The Morgan fingerprint density at radius 1 is 1.50 bits per heavy atom. The van der Waals surface area contributed by atoms with Crippen molar-refractivity contribution in [3.63, 3.8) is 0 Å². The van der Waals surface area contributed by atoms with Gasteiger partial charge in [-0.2, -0.15) is 4.37 Å². The summed E-state index contributed by atoms with van der Waals surface area (Å²) < 4.78 is 9.43. The minimum absolute atomic E-state index is 0.694. The average molecular weight is 270 g/mol. The smallest absolute Gasteiger partial charge is 0.205 e. The van der Waals surface area contributed by atoms with Gasteiger partial charge >= 0.3 is 0 Å². The Hall–Kier alpha value is -0.720. The first-order valence-electron chi connectivity index (χ1n) is 6.40. The summed E-state index contributed by atoms with van der Waals surface area (Å²) in [7, 11) is 5.98. The van der Waals surface area contributed by atoms with Crippen LogP contribution in [0.5, 0.6) is 0 Å². The monoisotopic (exact) mass is 270 g/mol. The van der Waals surface area contributed by atoms with Crippen molar-refractivity contribution in [2.24, 2.45) is 5.92 Å². The molecular formula is C12H22N4OS. The van der Waals surface area contributed by atoms with E-state index < -0.39 is 0 Å². The van der Waals surface area contributed by atoms with Crippen LogP contribution < -0.4 is 4.90 Å². The van der Waals surface area contributed by atoms with Crippen molar-refractivity contribution in [2.75, 3.05) is 52.3 Å². The van der Waals surface area contributed by atoms with Gasteiger partial charge in [-0.25, -0.2) is 4.98 Å². The van der Waals surface area contributed by atoms with Crippen molar-refractivity contribution in [3.8, 4) is 0 Å². The number of hydrogen-bond acceptors (Lipinski definition) is 6. The standard InChI is InChI=1S/C12H22N4OS/c1-15(2)8-10-4-6-16(9-10)12-13-11(14-18-12)5-7-17-3/h10H,4-9H2,1-3H3. The van der Waals surface area contributed by atoms with Crippen LogP contribution in [-0.4, -0.2) is 61.7 Å². The van der Waals surface area contributed by atoms with Crippen LogP contribution in [0.3, 0.4) is 0 Å². The highest BCUT2D eigenvalue weighted by Gasteiger charge is 2.25. The third-order valence-corrected chi connectivity index (χ3v) is 3.98. The second-order valence-electron chi connectivity index (χ2n) is 5.10. The zero-order valence-corrected chi connectivity index (χ0v) is 12.2. The highest BCUT2D eigenvalue weighted by atomic mass is 32.1. The molecule has 5 nitrogen and oxygen atoms in total. The summed E-state index contributed by atoms with van der Waals surface area (Å²) in [5.74, 6) is 1.67. The molecule has 1 saturated heterocycles. The van der Waals surface area contributed by atoms with Crippen molar-refractivity contribution in [2.45, 2.75) is 12.8 Å². The van der Waals surface area contributed by atoms with Crippen LogP contribution >= 0.6 is 11.5 Å². The van der Waals surface area contributed by atoms with Gasteiger partial charge in [0.25, 0.3) is 0 Å². The number of ether oxygens (including phenoxy) is 1. The third kappa shape index (κ3) is 3.63. The number of nitrogens with zero attached hydrogens (tertiary/aromatic N) is 4. The van der Waals surface area contributed by atoms with E-state index in [2.05, 4.69) is 33.3 Å². The van der Waals surface area contributed by atoms with Gasteiger partial charge in [0, 0.05) is 44.7 Å². The molecule has 0 amide bonds. The lowest BCUT2D eigenvalue weighted by Gasteiger charge is -2.17. The molecule has 0 radical (unpaired) electrons. The van der Waals surface area contributed by atoms with Gasteiger partial charge in [0.05, 0.1) is 6.61 Å². The second kappa shape index (κ2) is 6.45. The number of methoxy groups -OCH3 is 1. The van der Waals surface area contributed by atoms with Crippen LogP contribution in [0.1, 0.15) is 12.2 Å². The van der Waals surface area contributed by atoms with E-state index in [1.165, 1.54) is 18.0 Å². The predicted molar refractivity (Wildman–Crippen MR) is 74.4 cm³/mol. The lowest BCUT2D eigenvalue weighted by molar-refractivity contribution is 0.201. The van der Waals surface area contributed by atoms with Crippen molar-refractivity contribution in [1.82, 2.24) is 14.3 Å². The van der Waals surface area contributed by atoms with Gasteiger partial charge in [-0.1, -0.05) is 0 Å². The van der Waals surface area contributed by atoms with Crippen LogP contribution in [-0.2, 0) is 11.2 Å². The normalized spacial score (nSPS) is 20.0. The maximum absolute atomic E-state index is 5.05. The number of hydrogen-bond donors (Lipinski definition) is 0. The Morgan fingerprint density at radius 3 is 3.06 bits per heavy atom. The van der Waals surface area contributed by atoms with Crippen LogP contribution in [0, 0.1) is 5.92 Å². The molecule has 1 fully saturated rings. The first-order valence-corrected chi connectivity index (χ1v) is 7.17. The SMILES string of the molecule is COCCc1nsc(N2CCC(CN(C)C)C2)n1. The summed E-state index contributed by atoms with van der Waals surface area (Å²) in [4.78, 5) is 9.21. The Morgan fingerprint density at radius 2 is 2.33 bits per heavy atom. The van der Waals surface area contributed by atoms with Crippen molar-refractivity contribution < 1.29 is 4.74 Å². The number of rotatable bonds is 6. The molecule has 2 heterocycles. The fraction of sp³-hybridized carbons (Fsp3) is 0.833. The summed E-state index contributed by atoms with van der Waals surface area (Å²) in [6.45, 7) is 4.07. The van der Waals surface area contributed by atoms with E-state index in [-0.39, 0.29) is 0 Å². The first kappa shape index (κ1) is 13.7. The summed E-state index contributed by atoms with van der Waals surface area (Å²) >= 11 is 1.51. The fourth-order valence-electron chi connectivity index (χ4n) is 2.34. The lowest BCUT2D eigenvalue weighted by atomic mass is 10.1. The molecule has 0 aliphatic carbocycles. The van der Waals surface area contributed by atoms with Crippen molar-refractivity contribution >= 4 is 16.7 Å². The summed E-state index contributed by atoms with van der Waals surface area (Å²) in [5.41, 5.74) is 0. The van der Waals surface area contributed by atoms with Crippen LogP contribution in [0.25, 0.3) is 0 Å². The molecule has 18 heavy (non-hydrogen) atoms. The molecule has 1 aromatic heterocycles. The molecule has 0 N–H and O–H groups in total. The van der Waals surface area contributed by atoms with Gasteiger partial charge in [0.2, 0.25) is 5.13 Å². The lowest BCUT2D eigenvalue weighted by Crippen LogP contribution is -2.25. The Kier molecular flexibility index (Phi) is 4.91.